The molecule has 2 rings (SSSR count). The largest absolute Gasteiger partial charge is 0.360 e. The SMILES string of the molecule is CCCCC(CN)NC(=O)c1cc(C2CC2)on1. The van der Waals surface area contributed by atoms with E-state index in [1.807, 2.05) is 0 Å². The first-order valence-corrected chi connectivity index (χ1v) is 6.72. The number of nitrogens with two attached hydrogens (primary N) is 1. The molecule has 0 radical (unpaired) electrons. The summed E-state index contributed by atoms with van der Waals surface area (Å²) in [5.74, 6) is 1.12. The topological polar surface area (TPSA) is 81.1 Å². The molecular weight excluding hydrogens is 230 g/mol. The Labute approximate surface area is 107 Å². The summed E-state index contributed by atoms with van der Waals surface area (Å²) in [7, 11) is 0. The number of carbonyl (C=O) groups is 1. The van der Waals surface area contributed by atoms with Crippen LogP contribution in [0.3, 0.4) is 0 Å². The van der Waals surface area contributed by atoms with Crippen molar-refractivity contribution in [2.24, 2.45) is 5.73 Å². The lowest BCUT2D eigenvalue weighted by atomic mass is 10.1. The Kier molecular flexibility index (Phi) is 4.36. The van der Waals surface area contributed by atoms with Gasteiger partial charge in [-0.1, -0.05) is 24.9 Å². The van der Waals surface area contributed by atoms with Gasteiger partial charge in [-0.3, -0.25) is 4.79 Å². The van der Waals surface area contributed by atoms with Crippen molar-refractivity contribution in [2.45, 2.75) is 51.0 Å². The van der Waals surface area contributed by atoms with Crippen LogP contribution in [-0.2, 0) is 0 Å². The average molecular weight is 251 g/mol. The van der Waals surface area contributed by atoms with Crippen molar-refractivity contribution in [1.82, 2.24) is 10.5 Å². The molecule has 1 aliphatic rings. The molecule has 18 heavy (non-hydrogen) atoms. The first kappa shape index (κ1) is 13.1. The molecule has 5 heteroatoms. The van der Waals surface area contributed by atoms with Crippen molar-refractivity contribution in [1.29, 1.82) is 0 Å². The van der Waals surface area contributed by atoms with Gasteiger partial charge in [0, 0.05) is 24.6 Å². The first-order valence-electron chi connectivity index (χ1n) is 6.72. The lowest BCUT2D eigenvalue weighted by Crippen LogP contribution is -2.40. The Bertz CT molecular complexity index is 399. The highest BCUT2D eigenvalue weighted by molar-refractivity contribution is 5.92. The second-order valence-corrected chi connectivity index (χ2v) is 4.94. The molecule has 1 atom stereocenters. The maximum absolute atomic E-state index is 11.9. The zero-order valence-corrected chi connectivity index (χ0v) is 10.8. The predicted octanol–water partition coefficient (Wildman–Crippen LogP) is 1.80. The Morgan fingerprint density at radius 3 is 3.06 bits per heavy atom. The van der Waals surface area contributed by atoms with Crippen molar-refractivity contribution < 1.29 is 9.32 Å². The van der Waals surface area contributed by atoms with Crippen LogP contribution in [0.15, 0.2) is 10.6 Å². The summed E-state index contributed by atoms with van der Waals surface area (Å²) in [6, 6.07) is 1.78. The Morgan fingerprint density at radius 1 is 1.67 bits per heavy atom. The minimum Gasteiger partial charge on any atom is -0.360 e. The zero-order valence-electron chi connectivity index (χ0n) is 10.8. The van der Waals surface area contributed by atoms with Gasteiger partial charge in [-0.15, -0.1) is 0 Å². The summed E-state index contributed by atoms with van der Waals surface area (Å²) in [6.45, 7) is 2.58. The Morgan fingerprint density at radius 2 is 2.44 bits per heavy atom. The number of nitrogens with zero attached hydrogens (tertiary/aromatic N) is 1. The molecule has 1 amide bonds. The van der Waals surface area contributed by atoms with Crippen LogP contribution < -0.4 is 11.1 Å². The van der Waals surface area contributed by atoms with Crippen LogP contribution in [0.2, 0.25) is 0 Å². The van der Waals surface area contributed by atoms with Crippen LogP contribution in [0.5, 0.6) is 0 Å². The van der Waals surface area contributed by atoms with Gasteiger partial charge in [0.1, 0.15) is 5.76 Å². The van der Waals surface area contributed by atoms with Crippen molar-refractivity contribution in [2.75, 3.05) is 6.54 Å². The molecule has 0 aliphatic heterocycles. The normalized spacial score (nSPS) is 16.6. The van der Waals surface area contributed by atoms with Crippen molar-refractivity contribution in [3.8, 4) is 0 Å². The van der Waals surface area contributed by atoms with Crippen LogP contribution in [-0.4, -0.2) is 23.7 Å². The van der Waals surface area contributed by atoms with Gasteiger partial charge in [-0.25, -0.2) is 0 Å². The van der Waals surface area contributed by atoms with E-state index in [4.69, 9.17) is 10.3 Å². The van der Waals surface area contributed by atoms with E-state index < -0.39 is 0 Å². The molecule has 0 spiro atoms. The van der Waals surface area contributed by atoms with Gasteiger partial charge >= 0.3 is 0 Å². The third-order valence-electron chi connectivity index (χ3n) is 3.27. The van der Waals surface area contributed by atoms with Crippen molar-refractivity contribution in [3.63, 3.8) is 0 Å². The fourth-order valence-electron chi connectivity index (χ4n) is 1.92. The van der Waals surface area contributed by atoms with Gasteiger partial charge in [0.2, 0.25) is 0 Å². The number of amides is 1. The third-order valence-corrected chi connectivity index (χ3v) is 3.27. The monoisotopic (exact) mass is 251 g/mol. The second kappa shape index (κ2) is 6.00. The minimum absolute atomic E-state index is 0.0264. The van der Waals surface area contributed by atoms with E-state index in [1.165, 1.54) is 0 Å². The Hall–Kier alpha value is -1.36. The van der Waals surface area contributed by atoms with E-state index in [1.54, 1.807) is 6.07 Å². The summed E-state index contributed by atoms with van der Waals surface area (Å²) in [5.41, 5.74) is 6.01. The molecule has 0 aromatic carbocycles. The maximum Gasteiger partial charge on any atom is 0.273 e. The molecule has 5 nitrogen and oxygen atoms in total. The second-order valence-electron chi connectivity index (χ2n) is 4.94. The van der Waals surface area contributed by atoms with E-state index in [-0.39, 0.29) is 11.9 Å². The zero-order chi connectivity index (χ0) is 13.0. The van der Waals surface area contributed by atoms with Crippen molar-refractivity contribution >= 4 is 5.91 Å². The number of rotatable bonds is 7. The van der Waals surface area contributed by atoms with Gasteiger partial charge in [-0.2, -0.15) is 0 Å². The molecule has 1 fully saturated rings. The third kappa shape index (κ3) is 3.32. The smallest absolute Gasteiger partial charge is 0.273 e. The van der Waals surface area contributed by atoms with Crippen LogP contribution in [0.4, 0.5) is 0 Å². The molecule has 1 unspecified atom stereocenters. The van der Waals surface area contributed by atoms with E-state index in [2.05, 4.69) is 17.4 Å². The minimum atomic E-state index is -0.183. The van der Waals surface area contributed by atoms with Crippen LogP contribution in [0.1, 0.15) is 61.2 Å². The van der Waals surface area contributed by atoms with Gasteiger partial charge in [0.05, 0.1) is 0 Å². The van der Waals surface area contributed by atoms with Crippen molar-refractivity contribution in [3.05, 3.63) is 17.5 Å². The van der Waals surface area contributed by atoms with Gasteiger partial charge in [0.15, 0.2) is 5.69 Å². The summed E-state index contributed by atoms with van der Waals surface area (Å²) < 4.78 is 5.16. The maximum atomic E-state index is 11.9. The first-order chi connectivity index (χ1) is 8.74. The lowest BCUT2D eigenvalue weighted by Gasteiger charge is -2.15. The van der Waals surface area contributed by atoms with E-state index in [0.29, 0.717) is 18.2 Å². The van der Waals surface area contributed by atoms with E-state index in [0.717, 1.165) is 37.9 Å². The summed E-state index contributed by atoms with van der Waals surface area (Å²) in [5, 5.41) is 6.72. The highest BCUT2D eigenvalue weighted by atomic mass is 16.5. The molecule has 1 saturated carbocycles. The number of hydrogen-bond acceptors (Lipinski definition) is 4. The quantitative estimate of drug-likeness (QED) is 0.774. The number of nitrogens with one attached hydrogen (secondary N) is 1. The number of aromatic nitrogens is 1. The molecule has 1 aromatic heterocycles. The van der Waals surface area contributed by atoms with Gasteiger partial charge in [0.25, 0.3) is 5.91 Å². The van der Waals surface area contributed by atoms with E-state index >= 15 is 0 Å². The number of carbonyl (C=O) groups excluding carboxylic acids is 1. The molecule has 1 heterocycles. The van der Waals surface area contributed by atoms with Gasteiger partial charge in [-0.05, 0) is 19.3 Å². The molecule has 100 valence electrons. The Balaban J connectivity index is 1.88. The van der Waals surface area contributed by atoms with Crippen LogP contribution in [0.25, 0.3) is 0 Å². The lowest BCUT2D eigenvalue weighted by molar-refractivity contribution is 0.0926. The molecule has 3 N–H and O–H groups in total. The van der Waals surface area contributed by atoms with Crippen LogP contribution >= 0.6 is 0 Å². The highest BCUT2D eigenvalue weighted by Gasteiger charge is 2.29. The average Bonchev–Trinajstić information content (AvgIpc) is 3.12. The fraction of sp³-hybridized carbons (Fsp3) is 0.692. The molecule has 1 aromatic rings. The molecule has 1 aliphatic carbocycles. The van der Waals surface area contributed by atoms with Crippen LogP contribution in [0, 0.1) is 0 Å². The predicted molar refractivity (Wildman–Crippen MR) is 68.3 cm³/mol. The standard InChI is InChI=1S/C13H21N3O2/c1-2-3-4-10(8-14)15-13(17)11-7-12(18-16-11)9-5-6-9/h7,9-10H,2-6,8,14H2,1H3,(H,15,17). The number of unbranched alkanes of at least 4 members (excludes halogenated alkanes) is 1. The van der Waals surface area contributed by atoms with E-state index in [9.17, 15) is 4.79 Å². The molecule has 0 bridgehead atoms. The van der Waals surface area contributed by atoms with Gasteiger partial charge < -0.3 is 15.6 Å². The number of hydrogen-bond donors (Lipinski definition) is 2. The fourth-order valence-corrected chi connectivity index (χ4v) is 1.92. The highest BCUT2D eigenvalue weighted by Crippen LogP contribution is 2.40. The summed E-state index contributed by atoms with van der Waals surface area (Å²) in [4.78, 5) is 11.9. The summed E-state index contributed by atoms with van der Waals surface area (Å²) >= 11 is 0. The summed E-state index contributed by atoms with van der Waals surface area (Å²) in [6.07, 6.45) is 5.35. The molecular formula is C13H21N3O2. The molecule has 0 saturated heterocycles.